The van der Waals surface area contributed by atoms with E-state index >= 15 is 0 Å². The SMILES string of the molecule is CCc1cccc(C(=O)O)c1OC(F)F. The van der Waals surface area contributed by atoms with Gasteiger partial charge in [0.2, 0.25) is 0 Å². The number of hydrogen-bond acceptors (Lipinski definition) is 2. The first kappa shape index (κ1) is 11.4. The molecule has 0 aromatic heterocycles. The van der Waals surface area contributed by atoms with Crippen LogP contribution in [0.4, 0.5) is 8.78 Å². The van der Waals surface area contributed by atoms with Crippen molar-refractivity contribution in [3.63, 3.8) is 0 Å². The molecule has 0 saturated carbocycles. The Morgan fingerprint density at radius 3 is 2.67 bits per heavy atom. The van der Waals surface area contributed by atoms with Crippen molar-refractivity contribution in [3.05, 3.63) is 29.3 Å². The van der Waals surface area contributed by atoms with Crippen LogP contribution in [0.1, 0.15) is 22.8 Å². The van der Waals surface area contributed by atoms with Gasteiger partial charge in [0.15, 0.2) is 0 Å². The molecule has 0 spiro atoms. The van der Waals surface area contributed by atoms with Gasteiger partial charge in [-0.15, -0.1) is 0 Å². The van der Waals surface area contributed by atoms with Gasteiger partial charge in [-0.2, -0.15) is 8.78 Å². The summed E-state index contributed by atoms with van der Waals surface area (Å²) in [5.74, 6) is -1.52. The quantitative estimate of drug-likeness (QED) is 0.841. The van der Waals surface area contributed by atoms with Crippen LogP contribution in [-0.2, 0) is 6.42 Å². The number of alkyl halides is 2. The van der Waals surface area contributed by atoms with E-state index in [2.05, 4.69) is 4.74 Å². The molecule has 0 fully saturated rings. The third kappa shape index (κ3) is 2.65. The highest BCUT2D eigenvalue weighted by Crippen LogP contribution is 2.26. The van der Waals surface area contributed by atoms with E-state index < -0.39 is 12.6 Å². The molecule has 0 bridgehead atoms. The number of halogens is 2. The zero-order valence-electron chi connectivity index (χ0n) is 8.04. The molecule has 0 amide bonds. The molecule has 0 heterocycles. The zero-order chi connectivity index (χ0) is 11.4. The Morgan fingerprint density at radius 1 is 1.53 bits per heavy atom. The lowest BCUT2D eigenvalue weighted by Crippen LogP contribution is -2.09. The fourth-order valence-corrected chi connectivity index (χ4v) is 1.26. The Labute approximate surface area is 85.3 Å². The Kier molecular flexibility index (Phi) is 3.60. The molecule has 0 atom stereocenters. The molecular formula is C10H10F2O3. The van der Waals surface area contributed by atoms with E-state index in [-0.39, 0.29) is 11.3 Å². The molecule has 1 aromatic carbocycles. The maximum Gasteiger partial charge on any atom is 0.387 e. The van der Waals surface area contributed by atoms with Crippen molar-refractivity contribution in [1.82, 2.24) is 0 Å². The Morgan fingerprint density at radius 2 is 2.20 bits per heavy atom. The van der Waals surface area contributed by atoms with Crippen molar-refractivity contribution < 1.29 is 23.4 Å². The van der Waals surface area contributed by atoms with Gasteiger partial charge in [-0.1, -0.05) is 19.1 Å². The molecule has 82 valence electrons. The largest absolute Gasteiger partial charge is 0.478 e. The minimum absolute atomic E-state index is 0.241. The van der Waals surface area contributed by atoms with Crippen LogP contribution >= 0.6 is 0 Å². The molecule has 0 aliphatic heterocycles. The van der Waals surface area contributed by atoms with E-state index in [1.807, 2.05) is 0 Å². The summed E-state index contributed by atoms with van der Waals surface area (Å²) in [6, 6.07) is 4.30. The van der Waals surface area contributed by atoms with Gasteiger partial charge < -0.3 is 9.84 Å². The van der Waals surface area contributed by atoms with E-state index in [9.17, 15) is 13.6 Å². The molecular weight excluding hydrogens is 206 g/mol. The second-order valence-corrected chi connectivity index (χ2v) is 2.83. The lowest BCUT2D eigenvalue weighted by atomic mass is 10.1. The summed E-state index contributed by atoms with van der Waals surface area (Å²) in [6.07, 6.45) is 0.434. The molecule has 3 nitrogen and oxygen atoms in total. The van der Waals surface area contributed by atoms with Crippen molar-refractivity contribution in [2.45, 2.75) is 20.0 Å². The molecule has 5 heteroatoms. The van der Waals surface area contributed by atoms with Crippen LogP contribution in [0, 0.1) is 0 Å². The first-order chi connectivity index (χ1) is 7.06. The van der Waals surface area contributed by atoms with Crippen molar-refractivity contribution in [1.29, 1.82) is 0 Å². The normalized spacial score (nSPS) is 10.4. The summed E-state index contributed by atoms with van der Waals surface area (Å²) in [5, 5.41) is 8.77. The third-order valence-corrected chi connectivity index (χ3v) is 1.91. The molecule has 0 aliphatic carbocycles. The highest BCUT2D eigenvalue weighted by atomic mass is 19.3. The number of para-hydroxylation sites is 1. The van der Waals surface area contributed by atoms with Gasteiger partial charge in [-0.05, 0) is 18.1 Å². The topological polar surface area (TPSA) is 46.5 Å². The van der Waals surface area contributed by atoms with Gasteiger partial charge in [-0.3, -0.25) is 0 Å². The third-order valence-electron chi connectivity index (χ3n) is 1.91. The summed E-state index contributed by atoms with van der Waals surface area (Å²) >= 11 is 0. The molecule has 0 unspecified atom stereocenters. The first-order valence-corrected chi connectivity index (χ1v) is 4.36. The molecule has 15 heavy (non-hydrogen) atoms. The van der Waals surface area contributed by atoms with Crippen molar-refractivity contribution in [3.8, 4) is 5.75 Å². The standard InChI is InChI=1S/C10H10F2O3/c1-2-6-4-3-5-7(9(13)14)8(6)15-10(11)12/h3-5,10H,2H2,1H3,(H,13,14). The highest BCUT2D eigenvalue weighted by Gasteiger charge is 2.17. The van der Waals surface area contributed by atoms with Crippen molar-refractivity contribution in [2.24, 2.45) is 0 Å². The van der Waals surface area contributed by atoms with Crippen LogP contribution in [-0.4, -0.2) is 17.7 Å². The summed E-state index contributed by atoms with van der Waals surface area (Å²) in [4.78, 5) is 10.7. The summed E-state index contributed by atoms with van der Waals surface area (Å²) in [6.45, 7) is -1.28. The molecule has 1 rings (SSSR count). The maximum atomic E-state index is 12.1. The second kappa shape index (κ2) is 4.72. The van der Waals surface area contributed by atoms with Crippen molar-refractivity contribution in [2.75, 3.05) is 0 Å². The average molecular weight is 216 g/mol. The van der Waals surface area contributed by atoms with Crippen LogP contribution in [0.25, 0.3) is 0 Å². The average Bonchev–Trinajstić information content (AvgIpc) is 2.16. The smallest absolute Gasteiger partial charge is 0.387 e. The molecule has 0 saturated heterocycles. The van der Waals surface area contributed by atoms with Gasteiger partial charge >= 0.3 is 12.6 Å². The van der Waals surface area contributed by atoms with Crippen LogP contribution < -0.4 is 4.74 Å². The monoisotopic (exact) mass is 216 g/mol. The zero-order valence-corrected chi connectivity index (χ0v) is 8.04. The molecule has 1 aromatic rings. The lowest BCUT2D eigenvalue weighted by Gasteiger charge is -2.11. The van der Waals surface area contributed by atoms with Crippen LogP contribution in [0.3, 0.4) is 0 Å². The minimum Gasteiger partial charge on any atom is -0.478 e. The van der Waals surface area contributed by atoms with E-state index in [4.69, 9.17) is 5.11 Å². The van der Waals surface area contributed by atoms with E-state index in [1.165, 1.54) is 12.1 Å². The number of hydrogen-bond donors (Lipinski definition) is 1. The van der Waals surface area contributed by atoms with Gasteiger partial charge in [0, 0.05) is 0 Å². The number of rotatable bonds is 4. The van der Waals surface area contributed by atoms with Crippen molar-refractivity contribution >= 4 is 5.97 Å². The van der Waals surface area contributed by atoms with E-state index in [1.54, 1.807) is 13.0 Å². The van der Waals surface area contributed by atoms with E-state index in [0.717, 1.165) is 0 Å². The number of aryl methyl sites for hydroxylation is 1. The molecule has 0 aliphatic rings. The summed E-state index contributed by atoms with van der Waals surface area (Å²) in [5.41, 5.74) is 0.213. The van der Waals surface area contributed by atoms with Gasteiger partial charge in [-0.25, -0.2) is 4.79 Å². The van der Waals surface area contributed by atoms with Gasteiger partial charge in [0.25, 0.3) is 0 Å². The number of carboxylic acids is 1. The predicted molar refractivity (Wildman–Crippen MR) is 49.4 cm³/mol. The summed E-state index contributed by atoms with van der Waals surface area (Å²) in [7, 11) is 0. The predicted octanol–water partition coefficient (Wildman–Crippen LogP) is 2.55. The Balaban J connectivity index is 3.20. The maximum absolute atomic E-state index is 12.1. The van der Waals surface area contributed by atoms with Crippen LogP contribution in [0.2, 0.25) is 0 Å². The number of carboxylic acid groups (broad SMARTS) is 1. The van der Waals surface area contributed by atoms with E-state index in [0.29, 0.717) is 12.0 Å². The number of aromatic carboxylic acids is 1. The van der Waals surface area contributed by atoms with Crippen LogP contribution in [0.5, 0.6) is 5.75 Å². The molecule has 1 N–H and O–H groups in total. The lowest BCUT2D eigenvalue weighted by molar-refractivity contribution is -0.0509. The Bertz CT molecular complexity index is 364. The number of ether oxygens (including phenoxy) is 1. The first-order valence-electron chi connectivity index (χ1n) is 4.36. The Hall–Kier alpha value is -1.65. The second-order valence-electron chi connectivity index (χ2n) is 2.83. The number of benzene rings is 1. The highest BCUT2D eigenvalue weighted by molar-refractivity contribution is 5.91. The van der Waals surface area contributed by atoms with Gasteiger partial charge in [0.1, 0.15) is 11.3 Å². The van der Waals surface area contributed by atoms with Gasteiger partial charge in [0.05, 0.1) is 0 Å². The van der Waals surface area contributed by atoms with Crippen LogP contribution in [0.15, 0.2) is 18.2 Å². The fourth-order valence-electron chi connectivity index (χ4n) is 1.26. The fraction of sp³-hybridized carbons (Fsp3) is 0.300. The molecule has 0 radical (unpaired) electrons. The minimum atomic E-state index is -3.02. The number of carbonyl (C=O) groups is 1. The summed E-state index contributed by atoms with van der Waals surface area (Å²) < 4.78 is 28.3.